The predicted octanol–water partition coefficient (Wildman–Crippen LogP) is 3.20. The van der Waals surface area contributed by atoms with Crippen LogP contribution in [-0.2, 0) is 0 Å². The first-order valence-corrected chi connectivity index (χ1v) is 7.32. The molecule has 0 aliphatic rings. The maximum Gasteiger partial charge on any atom is 0.138 e. The molecule has 0 bridgehead atoms. The highest BCUT2D eigenvalue weighted by molar-refractivity contribution is 6.32. The van der Waals surface area contributed by atoms with E-state index in [0.717, 1.165) is 19.5 Å². The van der Waals surface area contributed by atoms with E-state index in [0.29, 0.717) is 17.3 Å². The molecule has 1 unspecified atom stereocenters. The van der Waals surface area contributed by atoms with Crippen LogP contribution in [0.3, 0.4) is 0 Å². The van der Waals surface area contributed by atoms with Gasteiger partial charge in [-0.3, -0.25) is 0 Å². The molecule has 0 fully saturated rings. The topological polar surface area (TPSA) is 32.7 Å². The van der Waals surface area contributed by atoms with Crippen molar-refractivity contribution in [3.8, 4) is 5.75 Å². The molecule has 108 valence electrons. The second-order valence-corrected chi connectivity index (χ2v) is 5.05. The standard InChI is InChI=1S/C15H24ClNO2/c1-3-5-10-17(4-2)11-13(18)12-19-15-9-7-6-8-14(15)16/h6-9,13,18H,3-5,10-12H2,1-2H3. The minimum atomic E-state index is -0.493. The molecular formula is C15H24ClNO2. The summed E-state index contributed by atoms with van der Waals surface area (Å²) in [6, 6.07) is 7.31. The number of para-hydroxylation sites is 1. The van der Waals surface area contributed by atoms with E-state index < -0.39 is 6.10 Å². The Morgan fingerprint density at radius 3 is 2.68 bits per heavy atom. The highest BCUT2D eigenvalue weighted by Crippen LogP contribution is 2.23. The number of unbranched alkanes of at least 4 members (excludes halogenated alkanes) is 1. The van der Waals surface area contributed by atoms with Gasteiger partial charge < -0.3 is 14.7 Å². The lowest BCUT2D eigenvalue weighted by Gasteiger charge is -2.23. The van der Waals surface area contributed by atoms with Gasteiger partial charge in [0.05, 0.1) is 5.02 Å². The van der Waals surface area contributed by atoms with Gasteiger partial charge >= 0.3 is 0 Å². The maximum absolute atomic E-state index is 9.99. The molecule has 0 radical (unpaired) electrons. The molecule has 1 aromatic rings. The Balaban J connectivity index is 2.34. The summed E-state index contributed by atoms with van der Waals surface area (Å²) in [5.41, 5.74) is 0. The highest BCUT2D eigenvalue weighted by Gasteiger charge is 2.11. The zero-order valence-corrected chi connectivity index (χ0v) is 12.6. The summed E-state index contributed by atoms with van der Waals surface area (Å²) >= 11 is 5.99. The van der Waals surface area contributed by atoms with Crippen molar-refractivity contribution in [2.24, 2.45) is 0 Å². The van der Waals surface area contributed by atoms with Gasteiger partial charge in [-0.25, -0.2) is 0 Å². The third kappa shape index (κ3) is 6.28. The van der Waals surface area contributed by atoms with E-state index in [-0.39, 0.29) is 6.61 Å². The van der Waals surface area contributed by atoms with E-state index in [4.69, 9.17) is 16.3 Å². The van der Waals surface area contributed by atoms with E-state index in [9.17, 15) is 5.11 Å². The van der Waals surface area contributed by atoms with Gasteiger partial charge in [0.15, 0.2) is 0 Å². The van der Waals surface area contributed by atoms with Crippen LogP contribution in [0.2, 0.25) is 5.02 Å². The summed E-state index contributed by atoms with van der Waals surface area (Å²) in [7, 11) is 0. The molecule has 0 aromatic heterocycles. The number of rotatable bonds is 9. The largest absolute Gasteiger partial charge is 0.489 e. The van der Waals surface area contributed by atoms with Gasteiger partial charge in [0, 0.05) is 6.54 Å². The Labute approximate surface area is 121 Å². The van der Waals surface area contributed by atoms with Crippen LogP contribution in [0.25, 0.3) is 0 Å². The SMILES string of the molecule is CCCCN(CC)CC(O)COc1ccccc1Cl. The van der Waals surface area contributed by atoms with Crippen LogP contribution < -0.4 is 4.74 Å². The van der Waals surface area contributed by atoms with Gasteiger partial charge in [0.1, 0.15) is 18.5 Å². The third-order valence-corrected chi connectivity index (χ3v) is 3.32. The number of hydrogen-bond donors (Lipinski definition) is 1. The summed E-state index contributed by atoms with van der Waals surface area (Å²) < 4.78 is 5.54. The third-order valence-electron chi connectivity index (χ3n) is 3.01. The van der Waals surface area contributed by atoms with Gasteiger partial charge in [-0.15, -0.1) is 0 Å². The number of benzene rings is 1. The predicted molar refractivity (Wildman–Crippen MR) is 80.0 cm³/mol. The van der Waals surface area contributed by atoms with Crippen molar-refractivity contribution >= 4 is 11.6 Å². The molecule has 4 heteroatoms. The molecule has 0 heterocycles. The van der Waals surface area contributed by atoms with Crippen LogP contribution in [0.15, 0.2) is 24.3 Å². The average molecular weight is 286 g/mol. The molecular weight excluding hydrogens is 262 g/mol. The molecule has 1 atom stereocenters. The fraction of sp³-hybridized carbons (Fsp3) is 0.600. The number of aliphatic hydroxyl groups excluding tert-OH is 1. The van der Waals surface area contributed by atoms with Crippen molar-refractivity contribution in [2.45, 2.75) is 32.8 Å². The first-order valence-electron chi connectivity index (χ1n) is 6.95. The summed E-state index contributed by atoms with van der Waals surface area (Å²) in [5.74, 6) is 0.625. The lowest BCUT2D eigenvalue weighted by molar-refractivity contribution is 0.0695. The van der Waals surface area contributed by atoms with Crippen molar-refractivity contribution < 1.29 is 9.84 Å². The lowest BCUT2D eigenvalue weighted by atomic mass is 10.2. The molecule has 0 aliphatic heterocycles. The van der Waals surface area contributed by atoms with Gasteiger partial charge in [-0.05, 0) is 31.6 Å². The summed E-state index contributed by atoms with van der Waals surface area (Å²) in [6.45, 7) is 7.16. The van der Waals surface area contributed by atoms with Crippen LogP contribution in [0.5, 0.6) is 5.75 Å². The minimum absolute atomic E-state index is 0.270. The maximum atomic E-state index is 9.99. The molecule has 19 heavy (non-hydrogen) atoms. The molecule has 0 aliphatic carbocycles. The van der Waals surface area contributed by atoms with Crippen LogP contribution in [0, 0.1) is 0 Å². The minimum Gasteiger partial charge on any atom is -0.489 e. The summed E-state index contributed by atoms with van der Waals surface area (Å²) in [4.78, 5) is 2.24. The molecule has 0 saturated carbocycles. The average Bonchev–Trinajstić information content (AvgIpc) is 2.42. The number of aliphatic hydroxyl groups is 1. The van der Waals surface area contributed by atoms with E-state index >= 15 is 0 Å². The van der Waals surface area contributed by atoms with E-state index in [1.165, 1.54) is 6.42 Å². The Hall–Kier alpha value is -0.770. The van der Waals surface area contributed by atoms with Crippen molar-refractivity contribution in [2.75, 3.05) is 26.2 Å². The van der Waals surface area contributed by atoms with Crippen LogP contribution in [0.1, 0.15) is 26.7 Å². The van der Waals surface area contributed by atoms with Crippen molar-refractivity contribution in [3.63, 3.8) is 0 Å². The molecule has 1 N–H and O–H groups in total. The smallest absolute Gasteiger partial charge is 0.138 e. The quantitative estimate of drug-likeness (QED) is 0.756. The monoisotopic (exact) mass is 285 g/mol. The Kier molecular flexibility index (Phi) is 7.87. The van der Waals surface area contributed by atoms with Crippen molar-refractivity contribution in [1.82, 2.24) is 4.90 Å². The fourth-order valence-corrected chi connectivity index (χ4v) is 2.05. The van der Waals surface area contributed by atoms with Crippen LogP contribution >= 0.6 is 11.6 Å². The Morgan fingerprint density at radius 2 is 2.05 bits per heavy atom. The number of likely N-dealkylation sites (N-methyl/N-ethyl adjacent to an activating group) is 1. The lowest BCUT2D eigenvalue weighted by Crippen LogP contribution is -2.36. The zero-order valence-electron chi connectivity index (χ0n) is 11.8. The van der Waals surface area contributed by atoms with E-state index in [1.807, 2.05) is 18.2 Å². The summed E-state index contributed by atoms with van der Waals surface area (Å²) in [6.07, 6.45) is 1.84. The first kappa shape index (κ1) is 16.3. The molecule has 1 aromatic carbocycles. The van der Waals surface area contributed by atoms with Crippen molar-refractivity contribution in [1.29, 1.82) is 0 Å². The van der Waals surface area contributed by atoms with Gasteiger partial charge in [0.2, 0.25) is 0 Å². The summed E-state index contributed by atoms with van der Waals surface area (Å²) in [5, 5.41) is 10.6. The molecule has 3 nitrogen and oxygen atoms in total. The fourth-order valence-electron chi connectivity index (χ4n) is 1.86. The Bertz CT molecular complexity index is 360. The van der Waals surface area contributed by atoms with Gasteiger partial charge in [-0.2, -0.15) is 0 Å². The Morgan fingerprint density at radius 1 is 1.32 bits per heavy atom. The highest BCUT2D eigenvalue weighted by atomic mass is 35.5. The molecule has 0 amide bonds. The number of hydrogen-bond acceptors (Lipinski definition) is 3. The van der Waals surface area contributed by atoms with Crippen LogP contribution in [0.4, 0.5) is 0 Å². The molecule has 0 saturated heterocycles. The molecule has 0 spiro atoms. The van der Waals surface area contributed by atoms with E-state index in [1.54, 1.807) is 6.07 Å². The normalized spacial score (nSPS) is 12.7. The zero-order chi connectivity index (χ0) is 14.1. The number of halogens is 1. The van der Waals surface area contributed by atoms with E-state index in [2.05, 4.69) is 18.7 Å². The first-order chi connectivity index (χ1) is 9.17. The number of nitrogens with zero attached hydrogens (tertiary/aromatic N) is 1. The number of ether oxygens (including phenoxy) is 1. The van der Waals surface area contributed by atoms with Crippen molar-refractivity contribution in [3.05, 3.63) is 29.3 Å². The molecule has 1 rings (SSSR count). The second-order valence-electron chi connectivity index (χ2n) is 4.64. The van der Waals surface area contributed by atoms with Gasteiger partial charge in [0.25, 0.3) is 0 Å². The van der Waals surface area contributed by atoms with Gasteiger partial charge in [-0.1, -0.05) is 44.0 Å². The van der Waals surface area contributed by atoms with Crippen LogP contribution in [-0.4, -0.2) is 42.4 Å². The second kappa shape index (κ2) is 9.18.